The van der Waals surface area contributed by atoms with Crippen LogP contribution in [0.15, 0.2) is 24.3 Å². The Morgan fingerprint density at radius 3 is 2.24 bits per heavy atom. The fourth-order valence-electron chi connectivity index (χ4n) is 2.21. The molecule has 0 heterocycles. The van der Waals surface area contributed by atoms with Gasteiger partial charge < -0.3 is 15.7 Å². The molecular formula is C16H24N2O3. The number of aliphatic carboxylic acids is 1. The molecule has 116 valence electrons. The average Bonchev–Trinajstić information content (AvgIpc) is 2.38. The molecule has 0 saturated heterocycles. The number of carbonyl (C=O) groups is 2. The highest BCUT2D eigenvalue weighted by molar-refractivity contribution is 5.78. The van der Waals surface area contributed by atoms with Gasteiger partial charge in [0.15, 0.2) is 0 Å². The molecular weight excluding hydrogens is 268 g/mol. The summed E-state index contributed by atoms with van der Waals surface area (Å²) >= 11 is 0. The molecule has 0 radical (unpaired) electrons. The Balaban J connectivity index is 2.67. The molecule has 0 aliphatic rings. The van der Waals surface area contributed by atoms with Gasteiger partial charge in [-0.05, 0) is 37.5 Å². The second-order valence-electron chi connectivity index (χ2n) is 5.60. The van der Waals surface area contributed by atoms with E-state index in [1.807, 2.05) is 45.0 Å². The van der Waals surface area contributed by atoms with Gasteiger partial charge in [-0.25, -0.2) is 0 Å². The standard InChI is InChI=1S/C16H24N2O3/c1-11(2)18(9-8-16(20)21)15(19)10-12(3)13-4-6-14(17)7-5-13/h4-7,11-12H,8-10,17H2,1-3H3,(H,20,21). The third-order valence-corrected chi connectivity index (χ3v) is 3.50. The van der Waals surface area contributed by atoms with E-state index >= 15 is 0 Å². The van der Waals surface area contributed by atoms with E-state index in [9.17, 15) is 9.59 Å². The molecule has 21 heavy (non-hydrogen) atoms. The summed E-state index contributed by atoms with van der Waals surface area (Å²) in [5.74, 6) is -0.834. The lowest BCUT2D eigenvalue weighted by molar-refractivity contribution is -0.139. The Morgan fingerprint density at radius 2 is 1.76 bits per heavy atom. The van der Waals surface area contributed by atoms with E-state index in [0.29, 0.717) is 12.1 Å². The van der Waals surface area contributed by atoms with Crippen molar-refractivity contribution in [2.45, 2.75) is 45.6 Å². The van der Waals surface area contributed by atoms with Crippen LogP contribution in [0.3, 0.4) is 0 Å². The number of carbonyl (C=O) groups excluding carboxylic acids is 1. The zero-order chi connectivity index (χ0) is 16.0. The first-order valence-electron chi connectivity index (χ1n) is 7.18. The van der Waals surface area contributed by atoms with E-state index in [0.717, 1.165) is 5.56 Å². The van der Waals surface area contributed by atoms with Crippen molar-refractivity contribution in [3.63, 3.8) is 0 Å². The van der Waals surface area contributed by atoms with E-state index in [2.05, 4.69) is 0 Å². The van der Waals surface area contributed by atoms with Crippen molar-refractivity contribution in [1.82, 2.24) is 4.90 Å². The molecule has 1 amide bonds. The molecule has 0 spiro atoms. The second-order valence-corrected chi connectivity index (χ2v) is 5.60. The molecule has 5 nitrogen and oxygen atoms in total. The van der Waals surface area contributed by atoms with Crippen molar-refractivity contribution in [3.8, 4) is 0 Å². The topological polar surface area (TPSA) is 83.6 Å². The van der Waals surface area contributed by atoms with Gasteiger partial charge >= 0.3 is 5.97 Å². The molecule has 0 aromatic heterocycles. The van der Waals surface area contributed by atoms with Crippen LogP contribution in [-0.2, 0) is 9.59 Å². The van der Waals surface area contributed by atoms with Crippen LogP contribution < -0.4 is 5.73 Å². The molecule has 1 unspecified atom stereocenters. The van der Waals surface area contributed by atoms with Crippen molar-refractivity contribution in [1.29, 1.82) is 0 Å². The number of benzene rings is 1. The lowest BCUT2D eigenvalue weighted by Gasteiger charge is -2.27. The maximum Gasteiger partial charge on any atom is 0.305 e. The predicted molar refractivity (Wildman–Crippen MR) is 83.0 cm³/mol. The first-order valence-corrected chi connectivity index (χ1v) is 7.18. The summed E-state index contributed by atoms with van der Waals surface area (Å²) in [6, 6.07) is 7.48. The lowest BCUT2D eigenvalue weighted by Crippen LogP contribution is -2.39. The minimum absolute atomic E-state index is 0.00420. The van der Waals surface area contributed by atoms with Crippen LogP contribution in [0.2, 0.25) is 0 Å². The minimum Gasteiger partial charge on any atom is -0.481 e. The summed E-state index contributed by atoms with van der Waals surface area (Å²) in [6.45, 7) is 6.03. The lowest BCUT2D eigenvalue weighted by atomic mass is 9.96. The van der Waals surface area contributed by atoms with Gasteiger partial charge in [0.25, 0.3) is 0 Å². The number of carboxylic acids is 1. The molecule has 0 aliphatic carbocycles. The monoisotopic (exact) mass is 292 g/mol. The first kappa shape index (κ1) is 17.0. The van der Waals surface area contributed by atoms with Gasteiger partial charge in [0.05, 0.1) is 6.42 Å². The molecule has 1 aromatic carbocycles. The molecule has 0 aliphatic heterocycles. The Kier molecular flexibility index (Phi) is 6.21. The molecule has 1 aromatic rings. The summed E-state index contributed by atoms with van der Waals surface area (Å²) < 4.78 is 0. The highest BCUT2D eigenvalue weighted by Crippen LogP contribution is 2.21. The van der Waals surface area contributed by atoms with Crippen LogP contribution in [0, 0.1) is 0 Å². The van der Waals surface area contributed by atoms with Crippen LogP contribution >= 0.6 is 0 Å². The minimum atomic E-state index is -0.889. The Morgan fingerprint density at radius 1 is 1.19 bits per heavy atom. The maximum absolute atomic E-state index is 12.4. The molecule has 5 heteroatoms. The van der Waals surface area contributed by atoms with Gasteiger partial charge in [0, 0.05) is 24.7 Å². The van der Waals surface area contributed by atoms with Gasteiger partial charge in [0.2, 0.25) is 5.91 Å². The fraction of sp³-hybridized carbons (Fsp3) is 0.500. The van der Waals surface area contributed by atoms with Crippen molar-refractivity contribution < 1.29 is 14.7 Å². The van der Waals surface area contributed by atoms with Crippen LogP contribution in [0.5, 0.6) is 0 Å². The molecule has 1 rings (SSSR count). The van der Waals surface area contributed by atoms with Crippen LogP contribution in [-0.4, -0.2) is 34.5 Å². The molecule has 3 N–H and O–H groups in total. The molecule has 1 atom stereocenters. The van der Waals surface area contributed by atoms with E-state index in [-0.39, 0.29) is 30.8 Å². The quantitative estimate of drug-likeness (QED) is 0.756. The van der Waals surface area contributed by atoms with Gasteiger partial charge in [-0.1, -0.05) is 19.1 Å². The molecule has 0 fully saturated rings. The second kappa shape index (κ2) is 7.67. The van der Waals surface area contributed by atoms with Crippen molar-refractivity contribution in [2.24, 2.45) is 0 Å². The average molecular weight is 292 g/mol. The number of hydrogen-bond donors (Lipinski definition) is 2. The van der Waals surface area contributed by atoms with Crippen molar-refractivity contribution >= 4 is 17.6 Å². The summed E-state index contributed by atoms with van der Waals surface area (Å²) in [7, 11) is 0. The zero-order valence-corrected chi connectivity index (χ0v) is 12.9. The first-order chi connectivity index (χ1) is 9.81. The SMILES string of the molecule is CC(CC(=O)N(CCC(=O)O)C(C)C)c1ccc(N)cc1. The van der Waals surface area contributed by atoms with Crippen LogP contribution in [0.4, 0.5) is 5.69 Å². The van der Waals surface area contributed by atoms with E-state index in [1.165, 1.54) is 0 Å². The Labute approximate surface area is 125 Å². The van der Waals surface area contributed by atoms with Crippen molar-refractivity contribution in [2.75, 3.05) is 12.3 Å². The largest absolute Gasteiger partial charge is 0.481 e. The third-order valence-electron chi connectivity index (χ3n) is 3.50. The van der Waals surface area contributed by atoms with Gasteiger partial charge in [-0.2, -0.15) is 0 Å². The number of anilines is 1. The van der Waals surface area contributed by atoms with Gasteiger partial charge in [-0.15, -0.1) is 0 Å². The van der Waals surface area contributed by atoms with E-state index in [4.69, 9.17) is 10.8 Å². The molecule has 0 saturated carbocycles. The third kappa shape index (κ3) is 5.45. The highest BCUT2D eigenvalue weighted by atomic mass is 16.4. The summed E-state index contributed by atoms with van der Waals surface area (Å²) in [4.78, 5) is 24.7. The smallest absolute Gasteiger partial charge is 0.305 e. The summed E-state index contributed by atoms with van der Waals surface area (Å²) in [6.07, 6.45) is 0.335. The Hall–Kier alpha value is -2.04. The van der Waals surface area contributed by atoms with E-state index in [1.54, 1.807) is 4.90 Å². The van der Waals surface area contributed by atoms with Crippen LogP contribution in [0.25, 0.3) is 0 Å². The van der Waals surface area contributed by atoms with Gasteiger partial charge in [-0.3, -0.25) is 9.59 Å². The summed E-state index contributed by atoms with van der Waals surface area (Å²) in [5, 5.41) is 8.76. The van der Waals surface area contributed by atoms with Crippen molar-refractivity contribution in [3.05, 3.63) is 29.8 Å². The number of nitrogens with zero attached hydrogens (tertiary/aromatic N) is 1. The number of hydrogen-bond acceptors (Lipinski definition) is 3. The maximum atomic E-state index is 12.4. The van der Waals surface area contributed by atoms with Gasteiger partial charge in [0.1, 0.15) is 0 Å². The normalized spacial score (nSPS) is 12.2. The summed E-state index contributed by atoms with van der Waals surface area (Å²) in [5.41, 5.74) is 7.41. The zero-order valence-electron chi connectivity index (χ0n) is 12.9. The predicted octanol–water partition coefficient (Wildman–Crippen LogP) is 2.47. The number of carboxylic acid groups (broad SMARTS) is 1. The van der Waals surface area contributed by atoms with E-state index < -0.39 is 5.97 Å². The number of rotatable bonds is 7. The van der Waals surface area contributed by atoms with Crippen LogP contribution in [0.1, 0.15) is 45.1 Å². The number of amides is 1. The number of nitrogen functional groups attached to an aromatic ring is 1. The Bertz CT molecular complexity index is 483. The molecule has 0 bridgehead atoms. The highest BCUT2D eigenvalue weighted by Gasteiger charge is 2.20. The fourth-order valence-corrected chi connectivity index (χ4v) is 2.21. The number of nitrogens with two attached hydrogens (primary N) is 1.